The minimum Gasteiger partial charge on any atom is -0.507 e. The molecule has 2 rings (SSSR count). The third kappa shape index (κ3) is 3.15. The molecule has 0 spiro atoms. The van der Waals surface area contributed by atoms with Crippen LogP contribution >= 0.6 is 11.6 Å². The summed E-state index contributed by atoms with van der Waals surface area (Å²) in [5.41, 5.74) is -0.396. The molecule has 0 aliphatic carbocycles. The molecule has 1 aromatic heterocycles. The summed E-state index contributed by atoms with van der Waals surface area (Å²) in [5, 5.41) is 22.4. The van der Waals surface area contributed by atoms with Crippen LogP contribution in [0, 0.1) is 0 Å². The van der Waals surface area contributed by atoms with Crippen LogP contribution in [0.5, 0.6) is 5.75 Å². The highest BCUT2D eigenvalue weighted by molar-refractivity contribution is 7.92. The second-order valence-corrected chi connectivity index (χ2v) is 6.36. The molecule has 0 aliphatic heterocycles. The molecule has 0 amide bonds. The van der Waals surface area contributed by atoms with E-state index in [0.29, 0.717) is 6.54 Å². The summed E-state index contributed by atoms with van der Waals surface area (Å²) in [6.07, 6.45) is 1.46. The van der Waals surface area contributed by atoms with E-state index in [9.17, 15) is 18.3 Å². The molecule has 0 radical (unpaired) electrons. The van der Waals surface area contributed by atoms with Crippen molar-refractivity contribution in [1.82, 2.24) is 9.78 Å². The van der Waals surface area contributed by atoms with Crippen molar-refractivity contribution >= 4 is 33.4 Å². The lowest BCUT2D eigenvalue weighted by atomic mass is 10.2. The van der Waals surface area contributed by atoms with Crippen molar-refractivity contribution in [2.24, 2.45) is 0 Å². The number of hydrogen-bond acceptors (Lipinski definition) is 5. The molecule has 0 fully saturated rings. The summed E-state index contributed by atoms with van der Waals surface area (Å²) in [6.45, 7) is 2.32. The average Bonchev–Trinajstić information content (AvgIpc) is 2.78. The molecule has 3 N–H and O–H groups in total. The van der Waals surface area contributed by atoms with E-state index in [0.717, 1.165) is 18.2 Å². The van der Waals surface area contributed by atoms with E-state index in [1.165, 1.54) is 10.9 Å². The number of sulfonamides is 1. The van der Waals surface area contributed by atoms with Gasteiger partial charge < -0.3 is 10.2 Å². The number of nitrogens with one attached hydrogen (secondary N) is 1. The van der Waals surface area contributed by atoms with Gasteiger partial charge in [-0.05, 0) is 19.1 Å². The number of aromatic nitrogens is 2. The van der Waals surface area contributed by atoms with Gasteiger partial charge in [0.15, 0.2) is 5.82 Å². The molecule has 10 heteroatoms. The lowest BCUT2D eigenvalue weighted by molar-refractivity contribution is 0.0693. The molecule has 22 heavy (non-hydrogen) atoms. The number of aromatic carboxylic acids is 1. The zero-order valence-corrected chi connectivity index (χ0v) is 12.9. The molecule has 118 valence electrons. The number of rotatable bonds is 5. The number of benzene rings is 1. The first-order valence-corrected chi connectivity index (χ1v) is 7.92. The van der Waals surface area contributed by atoms with Crippen molar-refractivity contribution in [2.45, 2.75) is 18.4 Å². The van der Waals surface area contributed by atoms with Crippen molar-refractivity contribution in [1.29, 1.82) is 0 Å². The molecule has 2 aromatic rings. The molecule has 1 heterocycles. The van der Waals surface area contributed by atoms with Crippen LogP contribution in [0.25, 0.3) is 0 Å². The van der Waals surface area contributed by atoms with E-state index in [1.54, 1.807) is 0 Å². The number of aromatic hydroxyl groups is 1. The highest BCUT2D eigenvalue weighted by Crippen LogP contribution is 2.26. The Labute approximate surface area is 131 Å². The normalized spacial score (nSPS) is 11.4. The Hall–Kier alpha value is -2.26. The number of anilines is 1. The number of carbonyl (C=O) groups is 1. The van der Waals surface area contributed by atoms with Gasteiger partial charge in [0, 0.05) is 18.8 Å². The minimum absolute atomic E-state index is 0.0506. The van der Waals surface area contributed by atoms with Crippen LogP contribution in [-0.2, 0) is 16.6 Å². The van der Waals surface area contributed by atoms with Gasteiger partial charge in [-0.25, -0.2) is 13.2 Å². The maximum absolute atomic E-state index is 12.2. The second-order valence-electron chi connectivity index (χ2n) is 4.27. The van der Waals surface area contributed by atoms with Crippen molar-refractivity contribution in [3.05, 3.63) is 35.0 Å². The van der Waals surface area contributed by atoms with E-state index < -0.39 is 27.3 Å². The zero-order valence-electron chi connectivity index (χ0n) is 11.3. The summed E-state index contributed by atoms with van der Waals surface area (Å²) in [7, 11) is -4.06. The number of hydrogen-bond donors (Lipinski definition) is 3. The van der Waals surface area contributed by atoms with Crippen molar-refractivity contribution < 1.29 is 23.4 Å². The fourth-order valence-corrected chi connectivity index (χ4v) is 2.96. The first-order valence-electron chi connectivity index (χ1n) is 6.06. The summed E-state index contributed by atoms with van der Waals surface area (Å²) < 4.78 is 28.0. The topological polar surface area (TPSA) is 122 Å². The predicted molar refractivity (Wildman–Crippen MR) is 78.8 cm³/mol. The zero-order chi connectivity index (χ0) is 16.5. The lowest BCUT2D eigenvalue weighted by Gasteiger charge is -2.07. The maximum Gasteiger partial charge on any atom is 0.339 e. The highest BCUT2D eigenvalue weighted by atomic mass is 35.5. The van der Waals surface area contributed by atoms with Crippen LogP contribution in [-0.4, -0.2) is 34.4 Å². The predicted octanol–water partition coefficient (Wildman–Crippen LogP) is 1.76. The highest BCUT2D eigenvalue weighted by Gasteiger charge is 2.20. The maximum atomic E-state index is 12.2. The molecule has 0 saturated carbocycles. The Balaban J connectivity index is 2.36. The van der Waals surface area contributed by atoms with Gasteiger partial charge in [-0.3, -0.25) is 9.40 Å². The van der Waals surface area contributed by atoms with Gasteiger partial charge in [0.05, 0.1) is 4.90 Å². The minimum atomic E-state index is -4.06. The van der Waals surface area contributed by atoms with E-state index in [1.807, 2.05) is 6.92 Å². The Morgan fingerprint density at radius 1 is 1.45 bits per heavy atom. The van der Waals surface area contributed by atoms with E-state index in [-0.39, 0.29) is 15.7 Å². The second kappa shape index (κ2) is 5.85. The number of carboxylic acid groups (broad SMARTS) is 1. The third-order valence-electron chi connectivity index (χ3n) is 2.78. The van der Waals surface area contributed by atoms with Crippen molar-refractivity contribution in [3.63, 3.8) is 0 Å². The molecule has 0 unspecified atom stereocenters. The van der Waals surface area contributed by atoms with Gasteiger partial charge in [-0.2, -0.15) is 5.10 Å². The standard InChI is InChI=1S/C12H12ClN3O5S/c1-2-16-6-9(13)11(14-16)15-22(20,21)7-3-4-8(12(18)19)10(17)5-7/h3-6,17H,2H2,1H3,(H,14,15)(H,18,19). The van der Waals surface area contributed by atoms with Crippen LogP contribution in [0.3, 0.4) is 0 Å². The molecule has 0 aliphatic rings. The fraction of sp³-hybridized carbons (Fsp3) is 0.167. The largest absolute Gasteiger partial charge is 0.507 e. The quantitative estimate of drug-likeness (QED) is 0.759. The van der Waals surface area contributed by atoms with Crippen molar-refractivity contribution in [2.75, 3.05) is 4.72 Å². The van der Waals surface area contributed by atoms with E-state index >= 15 is 0 Å². The molecule has 1 aromatic carbocycles. The molecule has 0 saturated heterocycles. The van der Waals surface area contributed by atoms with Crippen LogP contribution in [0.1, 0.15) is 17.3 Å². The van der Waals surface area contributed by atoms with E-state index in [4.69, 9.17) is 16.7 Å². The van der Waals surface area contributed by atoms with Gasteiger partial charge in [-0.15, -0.1) is 0 Å². The summed E-state index contributed by atoms with van der Waals surface area (Å²) >= 11 is 5.88. The number of nitrogens with zero attached hydrogens (tertiary/aromatic N) is 2. The third-order valence-corrected chi connectivity index (χ3v) is 4.40. The smallest absolute Gasteiger partial charge is 0.339 e. The summed E-state index contributed by atoms with van der Waals surface area (Å²) in [4.78, 5) is 10.5. The molecular formula is C12H12ClN3O5S. The lowest BCUT2D eigenvalue weighted by Crippen LogP contribution is -2.14. The monoisotopic (exact) mass is 345 g/mol. The summed E-state index contributed by atoms with van der Waals surface area (Å²) in [6, 6.07) is 2.91. The summed E-state index contributed by atoms with van der Waals surface area (Å²) in [5.74, 6) is -2.06. The number of halogens is 1. The Morgan fingerprint density at radius 2 is 2.14 bits per heavy atom. The Morgan fingerprint density at radius 3 is 2.64 bits per heavy atom. The van der Waals surface area contributed by atoms with Gasteiger partial charge >= 0.3 is 5.97 Å². The molecule has 8 nitrogen and oxygen atoms in total. The number of carboxylic acids is 1. The van der Waals surface area contributed by atoms with Crippen LogP contribution in [0.4, 0.5) is 5.82 Å². The number of phenols is 1. The first kappa shape index (κ1) is 16.1. The van der Waals surface area contributed by atoms with Crippen LogP contribution in [0.15, 0.2) is 29.3 Å². The van der Waals surface area contributed by atoms with Crippen LogP contribution in [0.2, 0.25) is 5.02 Å². The van der Waals surface area contributed by atoms with E-state index in [2.05, 4.69) is 9.82 Å². The van der Waals surface area contributed by atoms with Gasteiger partial charge in [0.1, 0.15) is 16.3 Å². The molecular weight excluding hydrogens is 334 g/mol. The van der Waals surface area contributed by atoms with Gasteiger partial charge in [-0.1, -0.05) is 11.6 Å². The fourth-order valence-electron chi connectivity index (χ4n) is 1.67. The SMILES string of the molecule is CCn1cc(Cl)c(NS(=O)(=O)c2ccc(C(=O)O)c(O)c2)n1. The Kier molecular flexibility index (Phi) is 4.29. The molecule has 0 bridgehead atoms. The van der Waals surface area contributed by atoms with Gasteiger partial charge in [0.2, 0.25) is 0 Å². The average molecular weight is 346 g/mol. The molecule has 0 atom stereocenters. The first-order chi connectivity index (χ1) is 10.2. The van der Waals surface area contributed by atoms with Crippen molar-refractivity contribution in [3.8, 4) is 5.75 Å². The van der Waals surface area contributed by atoms with Crippen LogP contribution < -0.4 is 4.72 Å². The Bertz CT molecular complexity index is 831. The number of aryl methyl sites for hydroxylation is 1. The van der Waals surface area contributed by atoms with Gasteiger partial charge in [0.25, 0.3) is 10.0 Å².